The normalized spacial score (nSPS) is 15.3. The Balaban J connectivity index is 1.64. The fourth-order valence-corrected chi connectivity index (χ4v) is 3.64. The van der Waals surface area contributed by atoms with E-state index in [2.05, 4.69) is 31.2 Å². The van der Waals surface area contributed by atoms with Gasteiger partial charge in [0, 0.05) is 18.7 Å². The first-order chi connectivity index (χ1) is 13.1. The van der Waals surface area contributed by atoms with Gasteiger partial charge in [0.15, 0.2) is 0 Å². The van der Waals surface area contributed by atoms with Crippen LogP contribution < -0.4 is 0 Å². The molecule has 2 N–H and O–H groups in total. The molecule has 2 aromatic carbocycles. The van der Waals surface area contributed by atoms with Crippen molar-refractivity contribution in [3.05, 3.63) is 76.8 Å². The number of rotatable bonds is 5. The smallest absolute Gasteiger partial charge is 0.424 e. The third-order valence-corrected chi connectivity index (χ3v) is 5.21. The minimum Gasteiger partial charge on any atom is -0.424 e. The van der Waals surface area contributed by atoms with Crippen molar-refractivity contribution in [1.29, 1.82) is 0 Å². The monoisotopic (exact) mass is 363 g/mol. The van der Waals surface area contributed by atoms with Crippen LogP contribution in [0.1, 0.15) is 52.7 Å². The van der Waals surface area contributed by atoms with Crippen LogP contribution in [0, 0.1) is 0 Å². The van der Waals surface area contributed by atoms with Crippen LogP contribution in [-0.2, 0) is 6.42 Å². The van der Waals surface area contributed by atoms with E-state index >= 15 is 0 Å². The zero-order valence-electron chi connectivity index (χ0n) is 15.7. The summed E-state index contributed by atoms with van der Waals surface area (Å²) in [7, 11) is -1.49. The molecule has 2 aromatic rings. The van der Waals surface area contributed by atoms with Gasteiger partial charge in [-0.25, -0.2) is 0 Å². The number of amides is 1. The molecule has 27 heavy (non-hydrogen) atoms. The third kappa shape index (κ3) is 5.09. The van der Waals surface area contributed by atoms with Gasteiger partial charge in [-0.2, -0.15) is 0 Å². The molecule has 0 saturated carbocycles. The molecule has 1 heterocycles. The van der Waals surface area contributed by atoms with Gasteiger partial charge in [-0.1, -0.05) is 55.4 Å². The maximum atomic E-state index is 12.8. The molecule has 0 aliphatic carbocycles. The minimum atomic E-state index is -1.49. The highest BCUT2D eigenvalue weighted by Gasteiger charge is 2.24. The third-order valence-electron chi connectivity index (χ3n) is 5.21. The summed E-state index contributed by atoms with van der Waals surface area (Å²) >= 11 is 0. The second kappa shape index (κ2) is 9.02. The van der Waals surface area contributed by atoms with Crippen molar-refractivity contribution >= 4 is 19.1 Å². The molecule has 3 rings (SSSR count). The number of likely N-dealkylation sites (tertiary alicyclic amines) is 1. The van der Waals surface area contributed by atoms with E-state index < -0.39 is 7.12 Å². The lowest BCUT2D eigenvalue weighted by Crippen LogP contribution is -2.37. The molecule has 0 spiro atoms. The topological polar surface area (TPSA) is 60.8 Å². The van der Waals surface area contributed by atoms with Gasteiger partial charge in [0.2, 0.25) is 0 Å². The van der Waals surface area contributed by atoms with E-state index in [4.69, 9.17) is 10.0 Å². The summed E-state index contributed by atoms with van der Waals surface area (Å²) in [4.78, 5) is 14.8. The lowest BCUT2D eigenvalue weighted by molar-refractivity contribution is 0.0713. The summed E-state index contributed by atoms with van der Waals surface area (Å²) in [6, 6.07) is 16.1. The van der Waals surface area contributed by atoms with Gasteiger partial charge in [-0.3, -0.25) is 4.79 Å². The molecule has 1 aliphatic heterocycles. The average Bonchev–Trinajstić information content (AvgIpc) is 2.72. The Hall–Kier alpha value is -2.37. The first-order valence-corrected chi connectivity index (χ1v) is 9.59. The standard InChI is InChI=1S/C22H26BNO3/c1-2-17-5-3-7-20(15-17)19-10-13-24(14-11-19)22(25)21-8-4-6-18(16-21)9-12-23(26)27/h3-9,12,15-16,19,26-27H,2,10-11,13-14H2,1H3/b12-9+. The first kappa shape index (κ1) is 19.4. The second-order valence-corrected chi connectivity index (χ2v) is 7.06. The van der Waals surface area contributed by atoms with E-state index in [0.29, 0.717) is 11.5 Å². The van der Waals surface area contributed by atoms with Crippen LogP contribution >= 0.6 is 0 Å². The van der Waals surface area contributed by atoms with Crippen molar-refractivity contribution in [2.75, 3.05) is 13.1 Å². The summed E-state index contributed by atoms with van der Waals surface area (Å²) in [6.07, 6.45) is 4.61. The lowest BCUT2D eigenvalue weighted by Gasteiger charge is -2.32. The van der Waals surface area contributed by atoms with Gasteiger partial charge in [0.05, 0.1) is 0 Å². The Labute approximate surface area is 161 Å². The van der Waals surface area contributed by atoms with E-state index in [1.807, 2.05) is 23.1 Å². The van der Waals surface area contributed by atoms with Gasteiger partial charge < -0.3 is 14.9 Å². The maximum absolute atomic E-state index is 12.8. The maximum Gasteiger partial charge on any atom is 0.480 e. The summed E-state index contributed by atoms with van der Waals surface area (Å²) < 4.78 is 0. The van der Waals surface area contributed by atoms with E-state index in [1.54, 1.807) is 12.1 Å². The molecule has 0 aromatic heterocycles. The molecule has 0 atom stereocenters. The Morgan fingerprint density at radius 2 is 1.89 bits per heavy atom. The fourth-order valence-electron chi connectivity index (χ4n) is 3.64. The minimum absolute atomic E-state index is 0.0376. The van der Waals surface area contributed by atoms with Crippen LogP contribution in [0.15, 0.2) is 54.5 Å². The largest absolute Gasteiger partial charge is 0.480 e. The molecule has 1 saturated heterocycles. The highest BCUT2D eigenvalue weighted by molar-refractivity contribution is 6.48. The van der Waals surface area contributed by atoms with E-state index in [-0.39, 0.29) is 5.91 Å². The number of piperidine rings is 1. The number of benzene rings is 2. The number of aryl methyl sites for hydroxylation is 1. The molecule has 1 amide bonds. The first-order valence-electron chi connectivity index (χ1n) is 9.59. The number of hydrogen-bond acceptors (Lipinski definition) is 3. The second-order valence-electron chi connectivity index (χ2n) is 7.06. The fraction of sp³-hybridized carbons (Fsp3) is 0.318. The molecular formula is C22H26BNO3. The van der Waals surface area contributed by atoms with Gasteiger partial charge in [0.1, 0.15) is 0 Å². The molecule has 1 fully saturated rings. The molecule has 0 unspecified atom stereocenters. The van der Waals surface area contributed by atoms with Crippen molar-refractivity contribution in [3.8, 4) is 0 Å². The summed E-state index contributed by atoms with van der Waals surface area (Å²) in [6.45, 7) is 3.69. The van der Waals surface area contributed by atoms with Crippen molar-refractivity contribution in [1.82, 2.24) is 4.90 Å². The predicted molar refractivity (Wildman–Crippen MR) is 109 cm³/mol. The number of nitrogens with zero attached hydrogens (tertiary/aromatic N) is 1. The number of carbonyl (C=O) groups excluding carboxylic acids is 1. The van der Waals surface area contributed by atoms with Gasteiger partial charge >= 0.3 is 7.12 Å². The number of hydrogen-bond donors (Lipinski definition) is 2. The van der Waals surface area contributed by atoms with Crippen LogP contribution in [0.2, 0.25) is 0 Å². The van der Waals surface area contributed by atoms with Gasteiger partial charge in [-0.15, -0.1) is 0 Å². The van der Waals surface area contributed by atoms with Crippen molar-refractivity contribution in [2.24, 2.45) is 0 Å². The highest BCUT2D eigenvalue weighted by Crippen LogP contribution is 2.29. The van der Waals surface area contributed by atoms with E-state index in [1.165, 1.54) is 17.1 Å². The van der Waals surface area contributed by atoms with Gasteiger partial charge in [-0.05, 0) is 54.0 Å². The summed E-state index contributed by atoms with van der Waals surface area (Å²) in [5.41, 5.74) is 4.16. The zero-order chi connectivity index (χ0) is 19.2. The molecule has 1 aliphatic rings. The van der Waals surface area contributed by atoms with Crippen LogP contribution in [0.5, 0.6) is 0 Å². The number of carbonyl (C=O) groups is 1. The summed E-state index contributed by atoms with van der Waals surface area (Å²) in [5.74, 6) is 1.83. The molecule has 140 valence electrons. The van der Waals surface area contributed by atoms with E-state index in [9.17, 15) is 4.79 Å². The lowest BCUT2D eigenvalue weighted by atomic mass is 9.88. The zero-order valence-corrected chi connectivity index (χ0v) is 15.7. The summed E-state index contributed by atoms with van der Waals surface area (Å²) in [5, 5.41) is 17.9. The molecule has 0 bridgehead atoms. The van der Waals surface area contributed by atoms with E-state index in [0.717, 1.165) is 37.9 Å². The Kier molecular flexibility index (Phi) is 6.48. The molecular weight excluding hydrogens is 337 g/mol. The van der Waals surface area contributed by atoms with Gasteiger partial charge in [0.25, 0.3) is 5.91 Å². The quantitative estimate of drug-likeness (QED) is 0.802. The Bertz CT molecular complexity index is 811. The SMILES string of the molecule is CCc1cccc(C2CCN(C(=O)c3cccc(/C=C/B(O)O)c3)CC2)c1. The van der Waals surface area contributed by atoms with Crippen LogP contribution in [-0.4, -0.2) is 41.1 Å². The van der Waals surface area contributed by atoms with Crippen molar-refractivity contribution < 1.29 is 14.8 Å². The average molecular weight is 363 g/mol. The van der Waals surface area contributed by atoms with Crippen molar-refractivity contribution in [3.63, 3.8) is 0 Å². The Morgan fingerprint density at radius 3 is 2.59 bits per heavy atom. The molecule has 5 heteroatoms. The Morgan fingerprint density at radius 1 is 1.15 bits per heavy atom. The van der Waals surface area contributed by atoms with Crippen LogP contribution in [0.4, 0.5) is 0 Å². The van der Waals surface area contributed by atoms with Crippen molar-refractivity contribution in [2.45, 2.75) is 32.1 Å². The van der Waals surface area contributed by atoms with Crippen LogP contribution in [0.3, 0.4) is 0 Å². The highest BCUT2D eigenvalue weighted by atomic mass is 16.4. The molecule has 4 nitrogen and oxygen atoms in total. The molecule has 0 radical (unpaired) electrons. The predicted octanol–water partition coefficient (Wildman–Crippen LogP) is 3.29. The van der Waals surface area contributed by atoms with Crippen LogP contribution in [0.25, 0.3) is 6.08 Å².